The highest BCUT2D eigenvalue weighted by molar-refractivity contribution is 8.00. The van der Waals surface area contributed by atoms with Crippen molar-refractivity contribution in [3.63, 3.8) is 0 Å². The van der Waals surface area contributed by atoms with Gasteiger partial charge in [-0.05, 0) is 37.9 Å². The number of anilines is 1. The number of nitrogen functional groups attached to an aromatic ring is 1. The van der Waals surface area contributed by atoms with Crippen LogP contribution in [0.15, 0.2) is 18.2 Å². The Bertz CT molecular complexity index is 2220. The summed E-state index contributed by atoms with van der Waals surface area (Å²) in [5.74, 6) is -0.702. The van der Waals surface area contributed by atoms with Crippen LogP contribution in [0.25, 0.3) is 21.9 Å². The van der Waals surface area contributed by atoms with Gasteiger partial charge >= 0.3 is 5.97 Å². The van der Waals surface area contributed by atoms with Crippen molar-refractivity contribution in [2.45, 2.75) is 57.6 Å². The summed E-state index contributed by atoms with van der Waals surface area (Å²) < 4.78 is 63.4. The minimum absolute atomic E-state index is 0.0295. The number of aromatic nitrogens is 3. The van der Waals surface area contributed by atoms with Gasteiger partial charge in [0.2, 0.25) is 11.8 Å². The fourth-order valence-electron chi connectivity index (χ4n) is 8.65. The van der Waals surface area contributed by atoms with Gasteiger partial charge in [0.05, 0.1) is 168 Å². The van der Waals surface area contributed by atoms with E-state index >= 15 is 0 Å². The first-order chi connectivity index (χ1) is 39.0. The molecule has 2 saturated heterocycles. The highest BCUT2D eigenvalue weighted by Crippen LogP contribution is 2.33. The van der Waals surface area contributed by atoms with Crippen molar-refractivity contribution >= 4 is 57.3 Å². The number of imide groups is 1. The van der Waals surface area contributed by atoms with Crippen LogP contribution in [-0.2, 0) is 86.1 Å². The molecule has 454 valence electrons. The molecule has 0 saturated carbocycles. The zero-order valence-electron chi connectivity index (χ0n) is 47.1. The molecule has 0 radical (unpaired) electrons. The van der Waals surface area contributed by atoms with Crippen LogP contribution in [0.5, 0.6) is 0 Å². The number of aliphatic carboxylic acids is 1. The Morgan fingerprint density at radius 1 is 0.700 bits per heavy atom. The summed E-state index contributed by atoms with van der Waals surface area (Å²) in [6, 6.07) is 5.28. The van der Waals surface area contributed by atoms with E-state index in [2.05, 4.69) is 28.0 Å². The maximum absolute atomic E-state index is 12.4. The van der Waals surface area contributed by atoms with Gasteiger partial charge in [0.25, 0.3) is 0 Å². The fourth-order valence-corrected chi connectivity index (χ4v) is 9.76. The van der Waals surface area contributed by atoms with Gasteiger partial charge in [-0.2, -0.15) is 0 Å². The van der Waals surface area contributed by atoms with Crippen LogP contribution in [0.2, 0.25) is 0 Å². The lowest BCUT2D eigenvalue weighted by Gasteiger charge is -2.34. The number of piperazine rings is 1. The van der Waals surface area contributed by atoms with Gasteiger partial charge < -0.3 is 88.4 Å². The lowest BCUT2D eigenvalue weighted by atomic mass is 9.92. The van der Waals surface area contributed by atoms with Crippen LogP contribution in [0.4, 0.5) is 5.82 Å². The zero-order chi connectivity index (χ0) is 57.2. The lowest BCUT2D eigenvalue weighted by Crippen LogP contribution is -2.47. The molecule has 2 fully saturated rings. The second kappa shape index (κ2) is 38.9. The van der Waals surface area contributed by atoms with E-state index < -0.39 is 22.7 Å². The Morgan fingerprint density at radius 3 is 1.65 bits per heavy atom. The van der Waals surface area contributed by atoms with Crippen molar-refractivity contribution in [2.24, 2.45) is 11.1 Å². The Labute approximate surface area is 474 Å². The minimum Gasteiger partial charge on any atom is -0.480 e. The number of aliphatic hydroxyl groups is 2. The van der Waals surface area contributed by atoms with Gasteiger partial charge in [-0.1, -0.05) is 19.1 Å². The molecule has 2 aromatic heterocycles. The first-order valence-corrected chi connectivity index (χ1v) is 29.0. The highest BCUT2D eigenvalue weighted by Gasteiger charge is 2.39. The number of benzene rings is 1. The average Bonchev–Trinajstić information content (AvgIpc) is 3.99. The van der Waals surface area contributed by atoms with Gasteiger partial charge in [-0.25, -0.2) is 9.97 Å². The van der Waals surface area contributed by atoms with Crippen LogP contribution < -0.4 is 11.5 Å². The zero-order valence-corrected chi connectivity index (χ0v) is 48.0. The molecule has 5 rings (SSSR count). The molecular formula is C54H90N8O17S. The number of aryl methyl sites for hydroxylation is 1. The summed E-state index contributed by atoms with van der Waals surface area (Å²) in [7, 11) is 0. The Kier molecular flexibility index (Phi) is 32.6. The van der Waals surface area contributed by atoms with Crippen LogP contribution in [0, 0.1) is 5.41 Å². The fraction of sp³-hybridized carbons (Fsp3) is 0.759. The Hall–Kier alpha value is -3.78. The van der Waals surface area contributed by atoms with Crippen LogP contribution in [0.1, 0.15) is 38.1 Å². The van der Waals surface area contributed by atoms with Crippen molar-refractivity contribution in [3.8, 4) is 0 Å². The average molecular weight is 1160 g/mol. The number of pyridine rings is 1. The van der Waals surface area contributed by atoms with Crippen molar-refractivity contribution in [1.29, 1.82) is 0 Å². The number of hydrogen-bond acceptors (Lipinski definition) is 23. The number of hydrogen-bond donors (Lipinski definition) is 5. The predicted octanol–water partition coefficient (Wildman–Crippen LogP) is 0.683. The molecule has 26 heteroatoms. The largest absolute Gasteiger partial charge is 0.480 e. The molecule has 2 aliphatic heterocycles. The van der Waals surface area contributed by atoms with Crippen molar-refractivity contribution in [2.75, 3.05) is 209 Å². The molecule has 2 aliphatic rings. The van der Waals surface area contributed by atoms with E-state index in [0.29, 0.717) is 156 Å². The normalized spacial score (nSPS) is 16.1. The van der Waals surface area contributed by atoms with E-state index in [1.165, 1.54) is 5.56 Å². The number of nitrogens with zero attached hydrogens (tertiary/aromatic N) is 6. The SMILES string of the molecule is CCOCc1nc2c(N)nc3cc(CCCN4CCN(CCOCCOCCOCCOCCOCCOCCOCCOCCOCCOCCN5C(=O)C[C@@H](SC[C@H](N)C(=O)O)C5=O)CC4)ccc3c2n1CC(C)(CO)CO. The third-order valence-corrected chi connectivity index (χ3v) is 14.7. The molecule has 0 unspecified atom stereocenters. The van der Waals surface area contributed by atoms with E-state index in [0.717, 1.165) is 85.2 Å². The summed E-state index contributed by atoms with van der Waals surface area (Å²) in [6.07, 6.45) is 1.99. The van der Waals surface area contributed by atoms with Crippen LogP contribution >= 0.6 is 11.8 Å². The monoisotopic (exact) mass is 1150 g/mol. The highest BCUT2D eigenvalue weighted by atomic mass is 32.2. The van der Waals surface area contributed by atoms with Gasteiger partial charge in [-0.15, -0.1) is 11.8 Å². The number of nitrogens with two attached hydrogens (primary N) is 2. The van der Waals surface area contributed by atoms with E-state index in [1.807, 2.05) is 18.4 Å². The molecular weight excluding hydrogens is 1060 g/mol. The molecule has 1 aromatic carbocycles. The van der Waals surface area contributed by atoms with Gasteiger partial charge in [0.15, 0.2) is 5.82 Å². The third kappa shape index (κ3) is 24.2. The number of fused-ring (bicyclic) bond motifs is 3. The third-order valence-electron chi connectivity index (χ3n) is 13.3. The van der Waals surface area contributed by atoms with E-state index in [-0.39, 0.29) is 57.0 Å². The first kappa shape index (κ1) is 67.0. The first-order valence-electron chi connectivity index (χ1n) is 28.0. The van der Waals surface area contributed by atoms with E-state index in [9.17, 15) is 24.6 Å². The molecule has 0 aliphatic carbocycles. The molecule has 25 nitrogen and oxygen atoms in total. The molecule has 0 bridgehead atoms. The predicted molar refractivity (Wildman–Crippen MR) is 300 cm³/mol. The summed E-state index contributed by atoms with van der Waals surface area (Å²) >= 11 is 1.09. The number of ether oxygens (including phenoxy) is 11. The molecule has 4 heterocycles. The number of aliphatic hydroxyl groups excluding tert-OH is 2. The number of carbonyl (C=O) groups excluding carboxylic acids is 2. The van der Waals surface area contributed by atoms with Gasteiger partial charge in [0.1, 0.15) is 24.0 Å². The second-order valence-electron chi connectivity index (χ2n) is 19.7. The standard InChI is InChI=1S/C54H90N8O17S/c1-3-69-37-47-58-49-50(62(47)39-54(2,40-63)41-64)43-7-6-42(35-45(43)57-51(49)56)5-4-8-59-9-11-60(12-10-59)13-15-70-17-19-72-21-23-74-25-27-76-29-31-78-33-34-79-32-30-77-28-26-75-24-22-73-20-18-71-16-14-61-48(65)36-46(52(61)66)80-38-44(55)53(67)68/h6-7,35,44,46,63-64H,3-5,8-34,36-41,55H2,1-2H3,(H2,56,57)(H,67,68)/t44-,46+/m0/s1. The number of rotatable bonds is 48. The number of likely N-dealkylation sites (tertiary alicyclic amines) is 1. The van der Waals surface area contributed by atoms with Crippen molar-refractivity contribution in [1.82, 2.24) is 29.2 Å². The van der Waals surface area contributed by atoms with Crippen LogP contribution in [0.3, 0.4) is 0 Å². The maximum Gasteiger partial charge on any atom is 0.321 e. The number of carboxylic acid groups (broad SMARTS) is 1. The summed E-state index contributed by atoms with van der Waals surface area (Å²) in [5.41, 5.74) is 14.7. The number of amides is 2. The van der Waals surface area contributed by atoms with Gasteiger partial charge in [-0.3, -0.25) is 24.2 Å². The number of carboxylic acids is 1. The topological polar surface area (TPSA) is 306 Å². The number of imidazole rings is 1. The lowest BCUT2D eigenvalue weighted by molar-refractivity contribution is -0.140. The summed E-state index contributed by atoms with van der Waals surface area (Å²) in [5, 5.41) is 29.4. The smallest absolute Gasteiger partial charge is 0.321 e. The Balaban J connectivity index is 0.732. The van der Waals surface area contributed by atoms with E-state index in [4.69, 9.17) is 78.6 Å². The number of thioether (sulfide) groups is 1. The number of carbonyl (C=O) groups is 3. The maximum atomic E-state index is 12.4. The Morgan fingerprint density at radius 2 is 1.18 bits per heavy atom. The second-order valence-corrected chi connectivity index (χ2v) is 20.9. The molecule has 3 aromatic rings. The van der Waals surface area contributed by atoms with E-state index in [1.54, 1.807) is 0 Å². The molecule has 0 spiro atoms. The van der Waals surface area contributed by atoms with Crippen LogP contribution in [-0.4, -0.2) is 277 Å². The molecule has 7 N–H and O–H groups in total. The molecule has 80 heavy (non-hydrogen) atoms. The molecule has 2 amide bonds. The minimum atomic E-state index is -1.15. The molecule has 2 atom stereocenters. The quantitative estimate of drug-likeness (QED) is 0.0384. The van der Waals surface area contributed by atoms with Crippen molar-refractivity contribution < 1.29 is 81.8 Å². The van der Waals surface area contributed by atoms with Crippen molar-refractivity contribution in [3.05, 3.63) is 29.6 Å². The summed E-state index contributed by atoms with van der Waals surface area (Å²) in [6.45, 7) is 19.7. The summed E-state index contributed by atoms with van der Waals surface area (Å²) in [4.78, 5) is 51.2. The van der Waals surface area contributed by atoms with Gasteiger partial charge in [0, 0.05) is 68.9 Å².